The number of nitrogens with zero attached hydrogens (tertiary/aromatic N) is 1. The molecule has 0 saturated heterocycles. The second-order valence-corrected chi connectivity index (χ2v) is 6.23. The molecule has 0 saturated carbocycles. The normalized spacial score (nSPS) is 20.7. The summed E-state index contributed by atoms with van der Waals surface area (Å²) >= 11 is 3.53. The molecule has 0 amide bonds. The molecule has 1 aliphatic rings. The Bertz CT molecular complexity index is 603. The number of ether oxygens (including phenoxy) is 1. The van der Waals surface area contributed by atoms with Crippen LogP contribution in [-0.2, 0) is 0 Å². The van der Waals surface area contributed by atoms with Crippen LogP contribution in [-0.4, -0.2) is 11.5 Å². The molecule has 2 heterocycles. The molecule has 4 heteroatoms. The molecule has 110 valence electrons. The van der Waals surface area contributed by atoms with Gasteiger partial charge in [0.2, 0.25) is 0 Å². The third-order valence-corrected chi connectivity index (χ3v) is 4.26. The molecule has 2 aromatic rings. The van der Waals surface area contributed by atoms with Gasteiger partial charge in [0.05, 0.1) is 0 Å². The van der Waals surface area contributed by atoms with Gasteiger partial charge in [-0.2, -0.15) is 0 Å². The summed E-state index contributed by atoms with van der Waals surface area (Å²) in [6.45, 7) is 3.20. The van der Waals surface area contributed by atoms with Gasteiger partial charge in [-0.3, -0.25) is 4.98 Å². The highest BCUT2D eigenvalue weighted by atomic mass is 79.9. The van der Waals surface area contributed by atoms with E-state index in [0.29, 0.717) is 6.04 Å². The highest BCUT2D eigenvalue weighted by molar-refractivity contribution is 9.10. The van der Waals surface area contributed by atoms with Crippen LogP contribution in [0.2, 0.25) is 0 Å². The number of hydrogen-bond donors (Lipinski definition) is 1. The molecular weight excluding hydrogens is 328 g/mol. The standard InChI is InChI=1S/C17H19BrN2O/c1-2-7-20-15-10-16(12-4-3-8-19-11-12)21-17-9-13(18)5-6-14(15)17/h3-6,8-9,11,15-16,20H,2,7,10H2,1H3. The van der Waals surface area contributed by atoms with Gasteiger partial charge in [-0.1, -0.05) is 35.0 Å². The number of benzene rings is 1. The minimum Gasteiger partial charge on any atom is -0.485 e. The van der Waals surface area contributed by atoms with Crippen molar-refractivity contribution in [3.63, 3.8) is 0 Å². The van der Waals surface area contributed by atoms with Crippen molar-refractivity contribution in [2.75, 3.05) is 6.54 Å². The molecule has 0 bridgehead atoms. The maximum Gasteiger partial charge on any atom is 0.127 e. The predicted molar refractivity (Wildman–Crippen MR) is 87.4 cm³/mol. The van der Waals surface area contributed by atoms with E-state index in [9.17, 15) is 0 Å². The third kappa shape index (κ3) is 3.27. The average Bonchev–Trinajstić information content (AvgIpc) is 2.52. The van der Waals surface area contributed by atoms with Gasteiger partial charge in [0.1, 0.15) is 11.9 Å². The fourth-order valence-electron chi connectivity index (χ4n) is 2.72. The molecular formula is C17H19BrN2O. The monoisotopic (exact) mass is 346 g/mol. The van der Waals surface area contributed by atoms with Gasteiger partial charge in [-0.15, -0.1) is 0 Å². The van der Waals surface area contributed by atoms with Crippen molar-refractivity contribution in [2.45, 2.75) is 31.9 Å². The number of rotatable bonds is 4. The first kappa shape index (κ1) is 14.5. The van der Waals surface area contributed by atoms with Crippen LogP contribution in [0, 0.1) is 0 Å². The van der Waals surface area contributed by atoms with Crippen molar-refractivity contribution in [3.05, 3.63) is 58.3 Å². The van der Waals surface area contributed by atoms with Crippen LogP contribution in [0.3, 0.4) is 0 Å². The van der Waals surface area contributed by atoms with Crippen molar-refractivity contribution >= 4 is 15.9 Å². The van der Waals surface area contributed by atoms with E-state index >= 15 is 0 Å². The lowest BCUT2D eigenvalue weighted by Gasteiger charge is -2.33. The van der Waals surface area contributed by atoms with Crippen LogP contribution in [0.4, 0.5) is 0 Å². The summed E-state index contributed by atoms with van der Waals surface area (Å²) in [5.74, 6) is 0.957. The summed E-state index contributed by atoms with van der Waals surface area (Å²) < 4.78 is 7.24. The number of aromatic nitrogens is 1. The van der Waals surface area contributed by atoms with Crippen molar-refractivity contribution in [2.24, 2.45) is 0 Å². The second-order valence-electron chi connectivity index (χ2n) is 5.32. The first-order valence-corrected chi connectivity index (χ1v) is 8.16. The van der Waals surface area contributed by atoms with Gasteiger partial charge >= 0.3 is 0 Å². The van der Waals surface area contributed by atoms with E-state index in [1.807, 2.05) is 12.3 Å². The molecule has 0 radical (unpaired) electrons. The fraction of sp³-hybridized carbons (Fsp3) is 0.353. The lowest BCUT2D eigenvalue weighted by atomic mass is 9.93. The zero-order chi connectivity index (χ0) is 14.7. The van der Waals surface area contributed by atoms with Gasteiger partial charge in [-0.05, 0) is 31.2 Å². The Morgan fingerprint density at radius 1 is 1.38 bits per heavy atom. The molecule has 1 aliphatic heterocycles. The van der Waals surface area contributed by atoms with E-state index in [1.54, 1.807) is 6.20 Å². The lowest BCUT2D eigenvalue weighted by Crippen LogP contribution is -2.29. The average molecular weight is 347 g/mol. The van der Waals surface area contributed by atoms with Crippen molar-refractivity contribution in [1.29, 1.82) is 0 Å². The van der Waals surface area contributed by atoms with E-state index in [4.69, 9.17) is 4.74 Å². The first-order valence-electron chi connectivity index (χ1n) is 7.37. The van der Waals surface area contributed by atoms with Crippen LogP contribution in [0.25, 0.3) is 0 Å². The smallest absolute Gasteiger partial charge is 0.127 e. The molecule has 21 heavy (non-hydrogen) atoms. The number of pyridine rings is 1. The van der Waals surface area contributed by atoms with E-state index in [-0.39, 0.29) is 6.10 Å². The Hall–Kier alpha value is -1.39. The predicted octanol–water partition coefficient (Wildman–Crippen LogP) is 4.41. The Morgan fingerprint density at radius 3 is 3.05 bits per heavy atom. The SMILES string of the molecule is CCCNC1CC(c2cccnc2)Oc2cc(Br)ccc21. The van der Waals surface area contributed by atoms with Crippen LogP contribution in [0.5, 0.6) is 5.75 Å². The molecule has 0 spiro atoms. The Kier molecular flexibility index (Phi) is 4.56. The van der Waals surface area contributed by atoms with Gasteiger partial charge in [0, 0.05) is 40.5 Å². The van der Waals surface area contributed by atoms with Crippen molar-refractivity contribution in [1.82, 2.24) is 10.3 Å². The minimum absolute atomic E-state index is 0.0508. The Balaban J connectivity index is 1.91. The van der Waals surface area contributed by atoms with Gasteiger partial charge in [0.15, 0.2) is 0 Å². The van der Waals surface area contributed by atoms with Crippen molar-refractivity contribution < 1.29 is 4.74 Å². The fourth-order valence-corrected chi connectivity index (χ4v) is 3.06. The molecule has 3 rings (SSSR count). The Morgan fingerprint density at radius 2 is 2.29 bits per heavy atom. The van der Waals surface area contributed by atoms with Gasteiger partial charge in [-0.25, -0.2) is 0 Å². The number of hydrogen-bond acceptors (Lipinski definition) is 3. The summed E-state index contributed by atoms with van der Waals surface area (Å²) in [5.41, 5.74) is 2.37. The summed E-state index contributed by atoms with van der Waals surface area (Å²) in [7, 11) is 0. The lowest BCUT2D eigenvalue weighted by molar-refractivity contribution is 0.151. The highest BCUT2D eigenvalue weighted by Gasteiger charge is 2.29. The minimum atomic E-state index is 0.0508. The number of nitrogens with one attached hydrogen (secondary N) is 1. The molecule has 2 unspecified atom stereocenters. The van der Waals surface area contributed by atoms with Crippen LogP contribution in [0.15, 0.2) is 47.2 Å². The van der Waals surface area contributed by atoms with Crippen molar-refractivity contribution in [3.8, 4) is 5.75 Å². The van der Waals surface area contributed by atoms with Gasteiger partial charge < -0.3 is 10.1 Å². The van der Waals surface area contributed by atoms with E-state index in [2.05, 4.69) is 57.4 Å². The molecule has 0 fully saturated rings. The number of fused-ring (bicyclic) bond motifs is 1. The topological polar surface area (TPSA) is 34.2 Å². The Labute approximate surface area is 133 Å². The highest BCUT2D eigenvalue weighted by Crippen LogP contribution is 2.41. The molecule has 1 aromatic heterocycles. The summed E-state index contributed by atoms with van der Waals surface area (Å²) in [5, 5.41) is 3.63. The largest absolute Gasteiger partial charge is 0.485 e. The first-order chi connectivity index (χ1) is 10.3. The maximum atomic E-state index is 6.20. The molecule has 0 aliphatic carbocycles. The second kappa shape index (κ2) is 6.58. The third-order valence-electron chi connectivity index (χ3n) is 3.77. The quantitative estimate of drug-likeness (QED) is 0.890. The zero-order valence-electron chi connectivity index (χ0n) is 12.1. The van der Waals surface area contributed by atoms with E-state index in [0.717, 1.165) is 35.2 Å². The summed E-state index contributed by atoms with van der Waals surface area (Å²) in [4.78, 5) is 4.21. The number of halogens is 1. The summed E-state index contributed by atoms with van der Waals surface area (Å²) in [6.07, 6.45) is 5.80. The van der Waals surface area contributed by atoms with Crippen LogP contribution >= 0.6 is 15.9 Å². The van der Waals surface area contributed by atoms with Crippen LogP contribution in [0.1, 0.15) is 43.0 Å². The molecule has 1 aromatic carbocycles. The van der Waals surface area contributed by atoms with Gasteiger partial charge in [0.25, 0.3) is 0 Å². The zero-order valence-corrected chi connectivity index (χ0v) is 13.6. The van der Waals surface area contributed by atoms with E-state index in [1.165, 1.54) is 5.56 Å². The molecule has 2 atom stereocenters. The van der Waals surface area contributed by atoms with E-state index < -0.39 is 0 Å². The molecule has 1 N–H and O–H groups in total. The van der Waals surface area contributed by atoms with Crippen LogP contribution < -0.4 is 10.1 Å². The molecule has 3 nitrogen and oxygen atoms in total. The summed E-state index contributed by atoms with van der Waals surface area (Å²) in [6, 6.07) is 10.6. The maximum absolute atomic E-state index is 6.20.